The van der Waals surface area contributed by atoms with Gasteiger partial charge in [0.05, 0.1) is 6.61 Å². The van der Waals surface area contributed by atoms with Gasteiger partial charge in [-0.25, -0.2) is 5.06 Å². The highest BCUT2D eigenvalue weighted by Crippen LogP contribution is 1.80. The third kappa shape index (κ3) is 3.66. The summed E-state index contributed by atoms with van der Waals surface area (Å²) in [6.45, 7) is 1.97. The predicted octanol–water partition coefficient (Wildman–Crippen LogP) is -0.494. The predicted molar refractivity (Wildman–Crippen MR) is 30.1 cm³/mol. The Morgan fingerprint density at radius 3 is 2.78 bits per heavy atom. The summed E-state index contributed by atoms with van der Waals surface area (Å²) < 4.78 is 0. The molecule has 0 rings (SSSR count). The molecule has 0 aliphatic rings. The summed E-state index contributed by atoms with van der Waals surface area (Å²) in [4.78, 5) is 24.2. The first-order valence-corrected chi connectivity index (χ1v) is 2.55. The van der Waals surface area contributed by atoms with Crippen molar-refractivity contribution in [2.45, 2.75) is 6.92 Å². The van der Waals surface area contributed by atoms with Crippen LogP contribution in [0.3, 0.4) is 0 Å². The molecule has 1 amide bonds. The lowest BCUT2D eigenvalue weighted by Gasteiger charge is -2.10. The van der Waals surface area contributed by atoms with E-state index >= 15 is 0 Å². The van der Waals surface area contributed by atoms with E-state index in [0.717, 1.165) is 5.06 Å². The SMILES string of the molecule is CCON(C=O)C[C]=O. The van der Waals surface area contributed by atoms with Crippen molar-refractivity contribution in [3.8, 4) is 0 Å². The van der Waals surface area contributed by atoms with Crippen LogP contribution in [0.1, 0.15) is 6.92 Å². The zero-order valence-electron chi connectivity index (χ0n) is 5.16. The number of nitrogens with zero attached hydrogens (tertiary/aromatic N) is 1. The van der Waals surface area contributed by atoms with Crippen LogP contribution in [-0.4, -0.2) is 30.9 Å². The average Bonchev–Trinajstić information content (AvgIpc) is 1.88. The minimum absolute atomic E-state index is 0.128. The minimum atomic E-state index is -0.128. The molecule has 0 atom stereocenters. The molecule has 9 heavy (non-hydrogen) atoms. The van der Waals surface area contributed by atoms with Crippen LogP contribution in [-0.2, 0) is 14.4 Å². The van der Waals surface area contributed by atoms with Gasteiger partial charge in [0.15, 0.2) is 0 Å². The molecule has 0 heterocycles. The Balaban J connectivity index is 3.40. The summed E-state index contributed by atoms with van der Waals surface area (Å²) in [5.74, 6) is 0. The van der Waals surface area contributed by atoms with E-state index in [1.807, 2.05) is 0 Å². The molecule has 0 aliphatic heterocycles. The van der Waals surface area contributed by atoms with Crippen LogP contribution in [0.2, 0.25) is 0 Å². The molecule has 0 saturated carbocycles. The number of hydrogen-bond donors (Lipinski definition) is 0. The maximum absolute atomic E-state index is 9.91. The number of rotatable bonds is 5. The molecule has 0 aliphatic carbocycles. The van der Waals surface area contributed by atoms with E-state index in [9.17, 15) is 9.59 Å². The van der Waals surface area contributed by atoms with E-state index in [1.165, 1.54) is 6.29 Å². The van der Waals surface area contributed by atoms with Gasteiger partial charge in [-0.2, -0.15) is 0 Å². The third-order valence-electron chi connectivity index (χ3n) is 0.633. The van der Waals surface area contributed by atoms with Crippen molar-refractivity contribution in [1.82, 2.24) is 5.06 Å². The molecule has 1 radical (unpaired) electrons. The molecule has 4 heteroatoms. The van der Waals surface area contributed by atoms with E-state index in [1.54, 1.807) is 6.92 Å². The zero-order chi connectivity index (χ0) is 7.11. The van der Waals surface area contributed by atoms with Crippen LogP contribution in [0.15, 0.2) is 0 Å². The highest BCUT2D eigenvalue weighted by Gasteiger charge is 1.96. The molecule has 0 unspecified atom stereocenters. The normalized spacial score (nSPS) is 8.56. The van der Waals surface area contributed by atoms with Gasteiger partial charge in [-0.05, 0) is 6.92 Å². The highest BCUT2D eigenvalue weighted by molar-refractivity contribution is 5.58. The lowest BCUT2D eigenvalue weighted by Crippen LogP contribution is -2.23. The lowest BCUT2D eigenvalue weighted by atomic mass is 10.7. The molecule has 0 aromatic rings. The molecule has 0 aromatic heterocycles. The summed E-state index contributed by atoms with van der Waals surface area (Å²) in [5.41, 5.74) is 0. The van der Waals surface area contributed by atoms with Gasteiger partial charge in [-0.3, -0.25) is 14.4 Å². The summed E-state index contributed by atoms with van der Waals surface area (Å²) in [5, 5.41) is 0.882. The van der Waals surface area contributed by atoms with Crippen molar-refractivity contribution < 1.29 is 14.4 Å². The summed E-state index contributed by atoms with van der Waals surface area (Å²) in [6.07, 6.45) is 1.96. The topological polar surface area (TPSA) is 46.6 Å². The van der Waals surface area contributed by atoms with Gasteiger partial charge >= 0.3 is 0 Å². The molecule has 0 bridgehead atoms. The molecule has 0 saturated heterocycles. The smallest absolute Gasteiger partial charge is 0.233 e. The fourth-order valence-corrected chi connectivity index (χ4v) is 0.343. The Labute approximate surface area is 53.3 Å². The van der Waals surface area contributed by atoms with Crippen LogP contribution in [0.25, 0.3) is 0 Å². The standard InChI is InChI=1S/C5H8NO3/c1-2-9-6(5-8)3-4-7/h5H,2-3H2,1H3. The quantitative estimate of drug-likeness (QED) is 0.372. The van der Waals surface area contributed by atoms with Gasteiger partial charge in [0.1, 0.15) is 6.54 Å². The van der Waals surface area contributed by atoms with Crippen LogP contribution >= 0.6 is 0 Å². The van der Waals surface area contributed by atoms with E-state index in [4.69, 9.17) is 0 Å². The van der Waals surface area contributed by atoms with E-state index in [0.29, 0.717) is 13.0 Å². The Morgan fingerprint density at radius 2 is 2.44 bits per heavy atom. The maximum atomic E-state index is 9.91. The van der Waals surface area contributed by atoms with Gasteiger partial charge in [-0.15, -0.1) is 0 Å². The number of carbonyl (C=O) groups is 1. The summed E-state index contributed by atoms with van der Waals surface area (Å²) >= 11 is 0. The van der Waals surface area contributed by atoms with Gasteiger partial charge in [0.25, 0.3) is 0 Å². The van der Waals surface area contributed by atoms with Crippen molar-refractivity contribution in [2.75, 3.05) is 13.2 Å². The maximum Gasteiger partial charge on any atom is 0.233 e. The van der Waals surface area contributed by atoms with Gasteiger partial charge < -0.3 is 0 Å². The molecule has 0 spiro atoms. The second kappa shape index (κ2) is 5.24. The fourth-order valence-electron chi connectivity index (χ4n) is 0.343. The van der Waals surface area contributed by atoms with Crippen molar-refractivity contribution in [3.05, 3.63) is 0 Å². The second-order valence-electron chi connectivity index (χ2n) is 1.24. The molecule has 0 fully saturated rings. The molecule has 51 valence electrons. The van der Waals surface area contributed by atoms with Gasteiger partial charge in [0, 0.05) is 0 Å². The molecule has 4 nitrogen and oxygen atoms in total. The molecule has 0 aromatic carbocycles. The first kappa shape index (κ1) is 8.10. The summed E-state index contributed by atoms with van der Waals surface area (Å²) in [6, 6.07) is 0. The highest BCUT2D eigenvalue weighted by atomic mass is 16.7. The number of hydrogen-bond acceptors (Lipinski definition) is 3. The fraction of sp³-hybridized carbons (Fsp3) is 0.600. The number of carbonyl (C=O) groups excluding carboxylic acids is 2. The van der Waals surface area contributed by atoms with Crippen molar-refractivity contribution in [3.63, 3.8) is 0 Å². The Bertz CT molecular complexity index is 94.2. The van der Waals surface area contributed by atoms with Gasteiger partial charge in [0.2, 0.25) is 12.7 Å². The minimum Gasteiger partial charge on any atom is -0.289 e. The van der Waals surface area contributed by atoms with Crippen LogP contribution in [0.5, 0.6) is 0 Å². The largest absolute Gasteiger partial charge is 0.289 e. The number of hydroxylamine groups is 2. The van der Waals surface area contributed by atoms with Gasteiger partial charge in [-0.1, -0.05) is 0 Å². The first-order chi connectivity index (χ1) is 4.35. The van der Waals surface area contributed by atoms with E-state index in [-0.39, 0.29) is 6.54 Å². The second-order valence-corrected chi connectivity index (χ2v) is 1.24. The van der Waals surface area contributed by atoms with Crippen LogP contribution < -0.4 is 0 Å². The third-order valence-corrected chi connectivity index (χ3v) is 0.633. The average molecular weight is 130 g/mol. The van der Waals surface area contributed by atoms with Crippen molar-refractivity contribution in [1.29, 1.82) is 0 Å². The first-order valence-electron chi connectivity index (χ1n) is 2.55. The Morgan fingerprint density at radius 1 is 1.78 bits per heavy atom. The van der Waals surface area contributed by atoms with Crippen LogP contribution in [0, 0.1) is 0 Å². The van der Waals surface area contributed by atoms with Crippen LogP contribution in [0.4, 0.5) is 0 Å². The number of amides is 1. The summed E-state index contributed by atoms with van der Waals surface area (Å²) in [7, 11) is 0. The lowest BCUT2D eigenvalue weighted by molar-refractivity contribution is -0.165. The van der Waals surface area contributed by atoms with E-state index < -0.39 is 0 Å². The van der Waals surface area contributed by atoms with Crippen molar-refractivity contribution >= 4 is 12.7 Å². The zero-order valence-corrected chi connectivity index (χ0v) is 5.16. The van der Waals surface area contributed by atoms with Crippen molar-refractivity contribution in [2.24, 2.45) is 0 Å². The van der Waals surface area contributed by atoms with E-state index in [2.05, 4.69) is 4.84 Å². The Kier molecular flexibility index (Phi) is 4.72. The molecular formula is C5H8NO3. The Hall–Kier alpha value is -0.900. The monoisotopic (exact) mass is 130 g/mol. The molecule has 0 N–H and O–H groups in total. The molecular weight excluding hydrogens is 122 g/mol.